The maximum atomic E-state index is 14.5. The number of aliphatic hydroxyl groups excluding tert-OH is 1. The van der Waals surface area contributed by atoms with Crippen LogP contribution in [-0.2, 0) is 108 Å². The number of cyclic esters (lactones) is 1. The number of rotatable bonds is 20. The number of methoxy groups -OCH3 is 3. The summed E-state index contributed by atoms with van der Waals surface area (Å²) in [7, 11) is 4.64. The van der Waals surface area contributed by atoms with Gasteiger partial charge in [-0.2, -0.15) is 0 Å². The molecule has 3 heterocycles. The topological polar surface area (TPSA) is 338 Å². The highest BCUT2D eigenvalue weighted by Gasteiger charge is 2.57. The van der Waals surface area contributed by atoms with Crippen LogP contribution in [0.5, 0.6) is 0 Å². The molecule has 726 valence electrons. The molecule has 28 nitrogen and oxygen atoms in total. The van der Waals surface area contributed by atoms with Gasteiger partial charge in [-0.15, -0.1) is 19.4 Å². The minimum absolute atomic E-state index is 0. The highest BCUT2D eigenvalue weighted by molar-refractivity contribution is 6.39. The Balaban J connectivity index is -0.0000000429. The Morgan fingerprint density at radius 2 is 0.961 bits per heavy atom. The van der Waals surface area contributed by atoms with E-state index >= 15 is 0 Å². The van der Waals surface area contributed by atoms with Crippen LogP contribution in [0.4, 0.5) is 0 Å². The molecule has 28 heteroatoms. The fraction of sp³-hybridized carbons (Fsp3) is 0.390. The highest BCUT2D eigenvalue weighted by atomic mass is 17.9. The molecule has 1 saturated carbocycles. The van der Waals surface area contributed by atoms with Crippen LogP contribution in [0.1, 0.15) is 187 Å². The molecule has 128 heavy (non-hydrogen) atoms. The summed E-state index contributed by atoms with van der Waals surface area (Å²) in [6.07, 6.45) is 15.0. The SMILES string of the molecule is C#CC#CC#CC#CC#CC#CC#CC#CC#CC#CC#CC#CC#CC#CC#CC#CC#CC#CC#CC#CC#CC#CC#CC#CC#C.C=CC[C@@H]1/C=C(\C)C[C@H](C)C[C@H](OC)[C@H]2O[C@@](O)(C(=O)C(=O)N3CCCC[C@H]3C(=O)O[C@H](/C(C)=C/[C@@H]3CC[C@@H](OC(=O)CC(C)(C)C)[C@H](OC)C3)[C@H](C)[C@@H](O)CC1=O)[C@H](C)C[C@@H]2OC.OOOOOONOOOOOOO.[HH].[HH].[HH].[HH].[HH].[HH].[HH].[HH].[HH].[HH].[HH].[HH].[HH].[HH].[HH].[HH].[HH].[HH].[HH].[HH].[HH].[HH].[HH].[HH].[HH].[HH].[HH].[HH].[HH].[HH].[HH].[HH].[HH].[HH].[HH].[HH].[HH].[HH]. The summed E-state index contributed by atoms with van der Waals surface area (Å²) >= 11 is 0. The monoisotopic (exact) mass is 1810 g/mol. The minimum Gasteiger partial charge on any atom is -0.460 e. The number of nitrogens with zero attached hydrogens (tertiary/aromatic N) is 1. The normalized spacial score (nSPS) is 21.7. The van der Waals surface area contributed by atoms with Crippen molar-refractivity contribution in [2.75, 3.05) is 27.9 Å². The zero-order chi connectivity index (χ0) is 94.1. The Labute approximate surface area is 804 Å². The number of nitrogens with one attached hydrogen (secondary N) is 1. The van der Waals surface area contributed by atoms with Crippen molar-refractivity contribution in [1.82, 2.24) is 10.5 Å². The number of terminal acetylenes is 2. The van der Waals surface area contributed by atoms with E-state index in [-0.39, 0.29) is 122 Å². The number of hydrogen-bond acceptors (Lipinski definition) is 27. The third-order valence-corrected chi connectivity index (χ3v) is 17.1. The van der Waals surface area contributed by atoms with Gasteiger partial charge in [-0.05, 0) is 247 Å². The number of ether oxygens (including phenoxy) is 6. The fourth-order valence-electron chi connectivity index (χ4n) is 11.8. The van der Waals surface area contributed by atoms with Gasteiger partial charge >= 0.3 is 11.9 Å². The van der Waals surface area contributed by atoms with Gasteiger partial charge in [-0.25, -0.2) is 15.3 Å². The first kappa shape index (κ1) is 109. The summed E-state index contributed by atoms with van der Waals surface area (Å²) in [4.78, 5) is 78.5. The number of fused-ring (bicyclic) bond motifs is 3. The summed E-state index contributed by atoms with van der Waals surface area (Å²) in [6, 6.07) is -1.17. The number of esters is 2. The largest absolute Gasteiger partial charge is 0.460 e. The number of ketones is 2. The predicted octanol–water partition coefficient (Wildman–Crippen LogP) is 15.1. The lowest BCUT2D eigenvalue weighted by Gasteiger charge is -2.47. The predicted molar refractivity (Wildman–Crippen MR) is 538 cm³/mol. The van der Waals surface area contributed by atoms with Crippen molar-refractivity contribution in [3.8, 4) is 297 Å². The second kappa shape index (κ2) is 68.6. The molecule has 4 rings (SSSR count). The molecule has 0 spiro atoms. The van der Waals surface area contributed by atoms with E-state index in [1.54, 1.807) is 27.0 Å². The van der Waals surface area contributed by atoms with Crippen LogP contribution in [0.15, 0.2) is 36.0 Å². The van der Waals surface area contributed by atoms with Gasteiger partial charge in [0, 0.05) is 296 Å². The molecule has 2 saturated heterocycles. The number of Topliss-reactive ketones (excluding diaryl/α,β-unsaturated/α-hetero) is 2. The average Bonchev–Trinajstić information content (AvgIpc) is 0.783. The van der Waals surface area contributed by atoms with E-state index in [9.17, 15) is 34.2 Å². The zero-order valence-electron chi connectivity index (χ0n) is 71.5. The quantitative estimate of drug-likeness (QED) is 0.0144. The molecule has 3 aliphatic heterocycles. The summed E-state index contributed by atoms with van der Waals surface area (Å²) in [5, 5.41) is 68.3. The summed E-state index contributed by atoms with van der Waals surface area (Å²) in [5.74, 6) is 110. The molecule has 1 aliphatic carbocycles. The van der Waals surface area contributed by atoms with Crippen molar-refractivity contribution in [3.05, 3.63) is 36.0 Å². The number of hydrogen-bond donors (Lipinski definition) is 5. The Kier molecular flexibility index (Phi) is 58.5. The third kappa shape index (κ3) is 48.9. The fourth-order valence-corrected chi connectivity index (χ4v) is 11.8. The van der Waals surface area contributed by atoms with E-state index in [1.807, 2.05) is 53.7 Å². The van der Waals surface area contributed by atoms with E-state index < -0.39 is 83.9 Å². The molecule has 5 N–H and O–H groups in total. The molecule has 3 fully saturated rings. The lowest BCUT2D eigenvalue weighted by atomic mass is 9.81. The first-order valence-electron chi connectivity index (χ1n) is 38.1. The standard InChI is InChI=1S/C50H79NO13.C50H2.H3NO13.38H2/c1-13-16-35-22-29(2)21-30(3)23-41(60-11)45-42(61-12)25-32(5)50(58,64-45)46(55)47(56)51-20-15-14-17-36(51)48(57)63-44(33(6)37(52)27-38(35)53)31(4)24-34-18-19-39(40(26-34)59-10)62-43(54)28-49(7,8)9;1-3-5-7-9-11-13-15-17-19-21-23-25-27-29-31-33-35-37-39-41-43-45-47-49-50-48-46-44-42-40-38-36-34-32-30-28-26-24-22-20-18-16-14-12-10-8-6-4-2;2-6-10-12-8-4-1-5-9-13-14-11-7-3;;;;;;;;;;;;;;;;;;;;;;;;;;;;;;;;;;;;;;/h13,22,24,30,32-37,39-42,44-45,52,58H,1,14-21,23,25-28H2,2-12H3;1-2H;1-3H;38*1H/b29-22+,31-24+;;;;;;;;;;;;;;;;;;;;;;;;;;;;;;;;;;;;;;;;/t30-,32+,33+,34-,35+,36-,37-,39+,40+,41-,42-,44+,45+,50+;;;;;;;;;;;;;;;;;;;;;;;;;;;;;;;;;;;;;;;;/m0......................................../s1. The number of amides is 1. The lowest BCUT2D eigenvalue weighted by molar-refractivity contribution is -0.808. The third-order valence-electron chi connectivity index (χ3n) is 17.1. The molecule has 0 aromatic carbocycles. The van der Waals surface area contributed by atoms with Crippen molar-refractivity contribution in [2.24, 2.45) is 35.0 Å². The van der Waals surface area contributed by atoms with Gasteiger partial charge in [-0.1, -0.05) is 75.3 Å². The van der Waals surface area contributed by atoms with E-state index in [4.69, 9.17) is 51.8 Å². The van der Waals surface area contributed by atoms with Crippen LogP contribution in [0, 0.1) is 332 Å². The first-order valence-corrected chi connectivity index (χ1v) is 38.1. The summed E-state index contributed by atoms with van der Waals surface area (Å²) in [5.41, 5.74) is 2.73. The molecular weight excluding hydrogens is 1650 g/mol. The molecule has 2 bridgehead atoms. The zero-order valence-corrected chi connectivity index (χ0v) is 71.5. The molecular formula is C100H160N2O26. The highest BCUT2D eigenvalue weighted by Crippen LogP contribution is 2.40. The summed E-state index contributed by atoms with van der Waals surface area (Å²) in [6.45, 7) is 19.1. The maximum absolute atomic E-state index is 14.5. The molecule has 14 atom stereocenters. The molecule has 0 unspecified atom stereocenters. The van der Waals surface area contributed by atoms with Crippen LogP contribution < -0.4 is 5.64 Å². The van der Waals surface area contributed by atoms with Crippen molar-refractivity contribution in [2.45, 2.75) is 187 Å². The smallest absolute Gasteiger partial charge is 0.329 e. The van der Waals surface area contributed by atoms with Gasteiger partial charge in [-0.3, -0.25) is 19.2 Å². The average molecular weight is 1810 g/mol. The van der Waals surface area contributed by atoms with Gasteiger partial charge in [0.1, 0.15) is 30.1 Å². The number of allylic oxidation sites excluding steroid dienone is 4. The van der Waals surface area contributed by atoms with Crippen molar-refractivity contribution in [1.29, 1.82) is 0 Å². The minimum atomic E-state index is -2.53. The van der Waals surface area contributed by atoms with Gasteiger partial charge in [0.15, 0.2) is 0 Å². The van der Waals surface area contributed by atoms with Gasteiger partial charge < -0.3 is 43.5 Å². The van der Waals surface area contributed by atoms with Crippen LogP contribution in [-0.4, -0.2) is 137 Å². The van der Waals surface area contributed by atoms with Gasteiger partial charge in [0.25, 0.3) is 11.7 Å². The Morgan fingerprint density at radius 1 is 0.562 bits per heavy atom. The van der Waals surface area contributed by atoms with Crippen LogP contribution in [0.3, 0.4) is 0 Å². The number of aliphatic hydroxyl groups is 2. The second-order valence-corrected chi connectivity index (χ2v) is 27.4. The molecule has 0 aromatic heterocycles. The van der Waals surface area contributed by atoms with Crippen molar-refractivity contribution < 1.29 is 183 Å². The van der Waals surface area contributed by atoms with E-state index in [0.29, 0.717) is 56.9 Å². The molecule has 0 aromatic rings. The molecule has 1 amide bonds. The first-order chi connectivity index (χ1) is 61.9. The number of carbonyl (C=O) groups excluding carboxylic acids is 5. The Bertz CT molecular complexity index is 5590. The Hall–Kier alpha value is -14.8. The van der Waals surface area contributed by atoms with Gasteiger partial charge in [0.2, 0.25) is 5.79 Å². The summed E-state index contributed by atoms with van der Waals surface area (Å²) < 4.78 is 36.1. The van der Waals surface area contributed by atoms with Crippen molar-refractivity contribution >= 4 is 29.4 Å². The second-order valence-electron chi connectivity index (χ2n) is 27.4. The molecule has 4 aliphatic rings. The number of carbonyl (C=O) groups is 5. The van der Waals surface area contributed by atoms with Crippen LogP contribution in [0.25, 0.3) is 0 Å². The van der Waals surface area contributed by atoms with E-state index in [1.165, 1.54) is 24.8 Å². The Morgan fingerprint density at radius 3 is 1.35 bits per heavy atom. The van der Waals surface area contributed by atoms with E-state index in [2.05, 4.69) is 346 Å². The van der Waals surface area contributed by atoms with Crippen molar-refractivity contribution in [3.63, 3.8) is 0 Å². The van der Waals surface area contributed by atoms with Crippen LogP contribution in [0.2, 0.25) is 0 Å². The number of piperidine rings is 1. The maximum Gasteiger partial charge on any atom is 0.329 e. The van der Waals surface area contributed by atoms with E-state index in [0.717, 1.165) is 5.57 Å². The van der Waals surface area contributed by atoms with Gasteiger partial charge in [0.05, 0.1) is 30.8 Å². The lowest BCUT2D eigenvalue weighted by Crippen LogP contribution is -2.64. The molecule has 0 radical (unpaired) electrons. The van der Waals surface area contributed by atoms with Crippen LogP contribution >= 0.6 is 0 Å².